The van der Waals surface area contributed by atoms with Crippen LogP contribution in [0.2, 0.25) is 0 Å². The summed E-state index contributed by atoms with van der Waals surface area (Å²) in [7, 11) is 0. The van der Waals surface area contributed by atoms with E-state index in [0.717, 1.165) is 25.7 Å². The van der Waals surface area contributed by atoms with Gasteiger partial charge in [-0.05, 0) is 33.6 Å². The molecule has 2 rings (SSSR count). The molecule has 1 saturated carbocycles. The van der Waals surface area contributed by atoms with E-state index in [2.05, 4.69) is 10.4 Å². The molecule has 1 aromatic rings. The zero-order valence-electron chi connectivity index (χ0n) is 14.3. The van der Waals surface area contributed by atoms with Crippen molar-refractivity contribution in [3.05, 3.63) is 11.9 Å². The van der Waals surface area contributed by atoms with Crippen molar-refractivity contribution in [3.8, 4) is 0 Å². The van der Waals surface area contributed by atoms with Crippen LogP contribution in [0.1, 0.15) is 71.0 Å². The summed E-state index contributed by atoms with van der Waals surface area (Å²) in [6, 6.07) is 0.125. The standard InChI is InChI=1S/C15H23F2N3O2.CH2O/c1-15(2,3)22-14(21)18-11-9-20(19-12(11)13(16)17)10-7-5-4-6-8-10;1-2/h9-10,13H,4-8H2,1-3H3,(H,18,21);1H2. The van der Waals surface area contributed by atoms with Gasteiger partial charge >= 0.3 is 6.09 Å². The van der Waals surface area contributed by atoms with E-state index in [1.54, 1.807) is 25.5 Å². The number of hydrogen-bond acceptors (Lipinski definition) is 4. The van der Waals surface area contributed by atoms with Gasteiger partial charge in [-0.15, -0.1) is 0 Å². The van der Waals surface area contributed by atoms with Crippen LogP contribution in [0.15, 0.2) is 6.20 Å². The number of rotatable bonds is 3. The molecule has 1 amide bonds. The van der Waals surface area contributed by atoms with Crippen LogP contribution in [-0.4, -0.2) is 28.3 Å². The second-order valence-corrected chi connectivity index (χ2v) is 6.63. The number of carbonyl (C=O) groups is 2. The first-order valence-corrected chi connectivity index (χ1v) is 7.92. The first kappa shape index (κ1) is 20.1. The molecule has 24 heavy (non-hydrogen) atoms. The van der Waals surface area contributed by atoms with Crippen molar-refractivity contribution in [1.82, 2.24) is 9.78 Å². The molecule has 0 atom stereocenters. The maximum atomic E-state index is 13.1. The maximum absolute atomic E-state index is 13.1. The van der Waals surface area contributed by atoms with Gasteiger partial charge < -0.3 is 9.53 Å². The molecular weight excluding hydrogens is 320 g/mol. The van der Waals surface area contributed by atoms with Gasteiger partial charge in [0.05, 0.1) is 11.7 Å². The van der Waals surface area contributed by atoms with Gasteiger partial charge in [0.25, 0.3) is 6.43 Å². The second kappa shape index (κ2) is 8.75. The molecule has 1 aromatic heterocycles. The lowest BCUT2D eigenvalue weighted by Crippen LogP contribution is -2.27. The number of halogens is 2. The van der Waals surface area contributed by atoms with Crippen LogP contribution in [0, 0.1) is 0 Å². The lowest BCUT2D eigenvalue weighted by Gasteiger charge is -2.21. The number of nitrogens with one attached hydrogen (secondary N) is 1. The number of anilines is 1. The minimum Gasteiger partial charge on any atom is -0.444 e. The van der Waals surface area contributed by atoms with Gasteiger partial charge in [-0.2, -0.15) is 5.10 Å². The highest BCUT2D eigenvalue weighted by Crippen LogP contribution is 2.32. The van der Waals surface area contributed by atoms with E-state index in [-0.39, 0.29) is 11.7 Å². The molecule has 1 N–H and O–H groups in total. The van der Waals surface area contributed by atoms with E-state index in [4.69, 9.17) is 9.53 Å². The Morgan fingerprint density at radius 1 is 1.33 bits per heavy atom. The molecule has 0 unspecified atom stereocenters. The van der Waals surface area contributed by atoms with Crippen molar-refractivity contribution in [3.63, 3.8) is 0 Å². The average Bonchev–Trinajstić information content (AvgIpc) is 2.92. The van der Waals surface area contributed by atoms with Crippen LogP contribution < -0.4 is 5.32 Å². The number of aromatic nitrogens is 2. The molecule has 0 spiro atoms. The quantitative estimate of drug-likeness (QED) is 0.876. The van der Waals surface area contributed by atoms with Gasteiger partial charge in [0, 0.05) is 6.20 Å². The van der Waals surface area contributed by atoms with Crippen molar-refractivity contribution in [1.29, 1.82) is 0 Å². The Labute approximate surface area is 140 Å². The van der Waals surface area contributed by atoms with Gasteiger partial charge in [-0.1, -0.05) is 19.3 Å². The van der Waals surface area contributed by atoms with Crippen molar-refractivity contribution >= 4 is 18.6 Å². The summed E-state index contributed by atoms with van der Waals surface area (Å²) in [5.41, 5.74) is -1.07. The summed E-state index contributed by atoms with van der Waals surface area (Å²) in [5.74, 6) is 0. The smallest absolute Gasteiger partial charge is 0.412 e. The largest absolute Gasteiger partial charge is 0.444 e. The molecule has 0 saturated heterocycles. The molecule has 136 valence electrons. The van der Waals surface area contributed by atoms with Crippen LogP contribution in [0.4, 0.5) is 19.3 Å². The molecule has 0 aliphatic heterocycles. The lowest BCUT2D eigenvalue weighted by molar-refractivity contribution is -0.0980. The Balaban J connectivity index is 0.00000139. The predicted molar refractivity (Wildman–Crippen MR) is 86.3 cm³/mol. The van der Waals surface area contributed by atoms with Gasteiger partial charge in [0.1, 0.15) is 12.4 Å². The molecule has 0 radical (unpaired) electrons. The Bertz CT molecular complexity index is 535. The third-order valence-corrected chi connectivity index (χ3v) is 3.55. The van der Waals surface area contributed by atoms with Crippen molar-refractivity contribution in [2.24, 2.45) is 0 Å². The van der Waals surface area contributed by atoms with Gasteiger partial charge in [-0.25, -0.2) is 13.6 Å². The highest BCUT2D eigenvalue weighted by atomic mass is 19.3. The van der Waals surface area contributed by atoms with E-state index >= 15 is 0 Å². The van der Waals surface area contributed by atoms with E-state index < -0.39 is 23.8 Å². The number of amides is 1. The molecular formula is C16H25F2N3O3. The molecule has 6 nitrogen and oxygen atoms in total. The molecule has 1 heterocycles. The average molecular weight is 345 g/mol. The Hall–Kier alpha value is -1.99. The fourth-order valence-electron chi connectivity index (χ4n) is 2.61. The molecule has 0 aromatic carbocycles. The van der Waals surface area contributed by atoms with E-state index in [1.165, 1.54) is 12.6 Å². The third-order valence-electron chi connectivity index (χ3n) is 3.55. The van der Waals surface area contributed by atoms with Gasteiger partial charge in [-0.3, -0.25) is 10.00 Å². The monoisotopic (exact) mass is 345 g/mol. The fraction of sp³-hybridized carbons (Fsp3) is 0.688. The first-order chi connectivity index (χ1) is 11.3. The van der Waals surface area contributed by atoms with Crippen molar-refractivity contribution < 1.29 is 23.1 Å². The van der Waals surface area contributed by atoms with Crippen molar-refractivity contribution in [2.45, 2.75) is 70.9 Å². The van der Waals surface area contributed by atoms with E-state index in [0.29, 0.717) is 0 Å². The molecule has 0 bridgehead atoms. The molecule has 1 aliphatic rings. The normalized spacial score (nSPS) is 15.6. The van der Waals surface area contributed by atoms with Crippen LogP contribution in [-0.2, 0) is 9.53 Å². The summed E-state index contributed by atoms with van der Waals surface area (Å²) in [6.45, 7) is 7.14. The first-order valence-electron chi connectivity index (χ1n) is 7.92. The predicted octanol–water partition coefficient (Wildman–Crippen LogP) is 4.49. The SMILES string of the molecule is C=O.CC(C)(C)OC(=O)Nc1cn(C2CCCCC2)nc1C(F)F. The number of nitrogens with zero attached hydrogens (tertiary/aromatic N) is 2. The maximum Gasteiger partial charge on any atom is 0.412 e. The summed E-state index contributed by atoms with van der Waals surface area (Å²) in [6.07, 6.45) is 3.16. The van der Waals surface area contributed by atoms with E-state index in [1.807, 2.05) is 6.79 Å². The summed E-state index contributed by atoms with van der Waals surface area (Å²) in [4.78, 5) is 19.8. The zero-order valence-corrected chi connectivity index (χ0v) is 14.3. The number of ether oxygens (including phenoxy) is 1. The van der Waals surface area contributed by atoms with E-state index in [9.17, 15) is 13.6 Å². The lowest BCUT2D eigenvalue weighted by atomic mass is 9.96. The molecule has 1 aliphatic carbocycles. The highest BCUT2D eigenvalue weighted by molar-refractivity contribution is 5.85. The third kappa shape index (κ3) is 5.90. The fourth-order valence-corrected chi connectivity index (χ4v) is 2.61. The van der Waals surface area contributed by atoms with Crippen LogP contribution in [0.3, 0.4) is 0 Å². The molecule has 8 heteroatoms. The zero-order chi connectivity index (χ0) is 18.3. The highest BCUT2D eigenvalue weighted by Gasteiger charge is 2.25. The Morgan fingerprint density at radius 2 is 1.92 bits per heavy atom. The Kier molecular flexibility index (Phi) is 7.31. The topological polar surface area (TPSA) is 73.2 Å². The minimum absolute atomic E-state index is 0.0230. The van der Waals surface area contributed by atoms with Crippen LogP contribution in [0.5, 0.6) is 0 Å². The van der Waals surface area contributed by atoms with Gasteiger partial charge in [0.2, 0.25) is 0 Å². The molecule has 1 fully saturated rings. The van der Waals surface area contributed by atoms with Crippen LogP contribution in [0.25, 0.3) is 0 Å². The number of alkyl halides is 2. The second-order valence-electron chi connectivity index (χ2n) is 6.63. The number of carbonyl (C=O) groups excluding carboxylic acids is 2. The summed E-state index contributed by atoms with van der Waals surface area (Å²) < 4.78 is 32.9. The van der Waals surface area contributed by atoms with Crippen molar-refractivity contribution in [2.75, 3.05) is 5.32 Å². The van der Waals surface area contributed by atoms with Crippen LogP contribution >= 0.6 is 0 Å². The summed E-state index contributed by atoms with van der Waals surface area (Å²) in [5, 5.41) is 6.36. The minimum atomic E-state index is -2.74. The number of hydrogen-bond donors (Lipinski definition) is 1. The van der Waals surface area contributed by atoms with Gasteiger partial charge in [0.15, 0.2) is 5.69 Å². The summed E-state index contributed by atoms with van der Waals surface area (Å²) >= 11 is 0. The Morgan fingerprint density at radius 3 is 2.42 bits per heavy atom.